The van der Waals surface area contributed by atoms with E-state index in [0.29, 0.717) is 6.54 Å². The van der Waals surface area contributed by atoms with Gasteiger partial charge in [0, 0.05) is 24.7 Å². The third kappa shape index (κ3) is 3.31. The molecule has 2 fully saturated rings. The highest BCUT2D eigenvalue weighted by atomic mass is 16.6. The minimum Gasteiger partial charge on any atom is -0.444 e. The highest BCUT2D eigenvalue weighted by Crippen LogP contribution is 2.31. The molecule has 2 rings (SSSR count). The third-order valence-corrected chi connectivity index (χ3v) is 4.30. The first-order valence-corrected chi connectivity index (χ1v) is 7.71. The van der Waals surface area contributed by atoms with Crippen LogP contribution in [0.4, 0.5) is 4.79 Å². The fourth-order valence-corrected chi connectivity index (χ4v) is 2.93. The molecule has 0 aromatic carbocycles. The van der Waals surface area contributed by atoms with Crippen LogP contribution in [0.1, 0.15) is 47.5 Å². The predicted octanol–water partition coefficient (Wildman–Crippen LogP) is 1.33. The van der Waals surface area contributed by atoms with Gasteiger partial charge in [-0.25, -0.2) is 4.79 Å². The van der Waals surface area contributed by atoms with Gasteiger partial charge in [-0.05, 0) is 47.5 Å². The Morgan fingerprint density at radius 1 is 1.19 bits per heavy atom. The fourth-order valence-electron chi connectivity index (χ4n) is 2.93. The maximum atomic E-state index is 12.7. The van der Waals surface area contributed by atoms with E-state index in [1.807, 2.05) is 34.6 Å². The topological polar surface area (TPSA) is 75.6 Å². The molecule has 120 valence electrons. The van der Waals surface area contributed by atoms with Crippen LogP contribution >= 0.6 is 0 Å². The number of carbonyl (C=O) groups excluding carboxylic acids is 2. The zero-order valence-electron chi connectivity index (χ0n) is 13.6. The maximum Gasteiger partial charge on any atom is 0.411 e. The molecule has 2 amide bonds. The van der Waals surface area contributed by atoms with Crippen molar-refractivity contribution in [2.24, 2.45) is 5.73 Å². The van der Waals surface area contributed by atoms with Gasteiger partial charge in [0.15, 0.2) is 0 Å². The molecule has 2 aliphatic heterocycles. The Morgan fingerprint density at radius 2 is 1.76 bits per heavy atom. The minimum absolute atomic E-state index is 0.0481. The lowest BCUT2D eigenvalue weighted by Crippen LogP contribution is -2.60. The lowest BCUT2D eigenvalue weighted by molar-refractivity contribution is -0.134. The summed E-state index contributed by atoms with van der Waals surface area (Å²) in [6, 6.07) is -0.459. The molecule has 0 bridgehead atoms. The van der Waals surface area contributed by atoms with Crippen molar-refractivity contribution >= 4 is 12.0 Å². The lowest BCUT2D eigenvalue weighted by Gasteiger charge is -2.39. The Hall–Kier alpha value is -1.30. The van der Waals surface area contributed by atoms with Gasteiger partial charge >= 0.3 is 6.09 Å². The molecule has 0 aliphatic carbocycles. The minimum atomic E-state index is -0.596. The average Bonchev–Trinajstić information content (AvgIpc) is 2.94. The molecule has 6 heteroatoms. The van der Waals surface area contributed by atoms with E-state index in [4.69, 9.17) is 10.5 Å². The molecule has 0 radical (unpaired) electrons. The Kier molecular flexibility index (Phi) is 4.19. The second kappa shape index (κ2) is 5.48. The van der Waals surface area contributed by atoms with Crippen LogP contribution in [0.2, 0.25) is 0 Å². The summed E-state index contributed by atoms with van der Waals surface area (Å²) in [5, 5.41) is 0. The zero-order chi connectivity index (χ0) is 15.9. The molecule has 0 aromatic heterocycles. The van der Waals surface area contributed by atoms with E-state index in [1.165, 1.54) is 4.90 Å². The van der Waals surface area contributed by atoms with Crippen molar-refractivity contribution in [3.05, 3.63) is 0 Å². The average molecular weight is 297 g/mol. The predicted molar refractivity (Wildman–Crippen MR) is 79.7 cm³/mol. The highest BCUT2D eigenvalue weighted by molar-refractivity contribution is 5.89. The van der Waals surface area contributed by atoms with Gasteiger partial charge in [0.05, 0.1) is 0 Å². The third-order valence-electron chi connectivity index (χ3n) is 4.30. The molecule has 2 unspecified atom stereocenters. The lowest BCUT2D eigenvalue weighted by atomic mass is 9.96. The molecular formula is C15H27N3O3. The maximum absolute atomic E-state index is 12.7. The van der Waals surface area contributed by atoms with Crippen LogP contribution in [-0.2, 0) is 9.53 Å². The van der Waals surface area contributed by atoms with Gasteiger partial charge in [0.2, 0.25) is 5.91 Å². The van der Waals surface area contributed by atoms with Gasteiger partial charge in [-0.2, -0.15) is 0 Å². The van der Waals surface area contributed by atoms with Crippen molar-refractivity contribution in [3.63, 3.8) is 0 Å². The van der Waals surface area contributed by atoms with Crippen LogP contribution in [0.15, 0.2) is 0 Å². The molecule has 2 saturated heterocycles. The van der Waals surface area contributed by atoms with E-state index in [2.05, 4.69) is 0 Å². The number of nitrogens with two attached hydrogens (primary N) is 1. The van der Waals surface area contributed by atoms with E-state index < -0.39 is 17.7 Å². The van der Waals surface area contributed by atoms with Crippen molar-refractivity contribution in [1.82, 2.24) is 9.80 Å². The van der Waals surface area contributed by atoms with E-state index in [0.717, 1.165) is 12.8 Å². The quantitative estimate of drug-likeness (QED) is 0.741. The summed E-state index contributed by atoms with van der Waals surface area (Å²) in [6.07, 6.45) is 1.11. The van der Waals surface area contributed by atoms with Gasteiger partial charge < -0.3 is 15.4 Å². The van der Waals surface area contributed by atoms with Gasteiger partial charge in [-0.3, -0.25) is 9.69 Å². The summed E-state index contributed by atoms with van der Waals surface area (Å²) in [5.74, 6) is -0.0481. The van der Waals surface area contributed by atoms with E-state index in [-0.39, 0.29) is 24.0 Å². The van der Waals surface area contributed by atoms with Crippen LogP contribution in [0.3, 0.4) is 0 Å². The SMILES string of the molecule is CC1C(C)N1C(=O)[C@H]1[C@H](N)CCCN1C(=O)OC(C)(C)C. The Balaban J connectivity index is 2.14. The second-order valence-corrected chi connectivity index (χ2v) is 7.15. The summed E-state index contributed by atoms with van der Waals surface area (Å²) in [5.41, 5.74) is 5.55. The van der Waals surface area contributed by atoms with Gasteiger partial charge in [0.25, 0.3) is 0 Å². The van der Waals surface area contributed by atoms with Crippen molar-refractivity contribution in [3.8, 4) is 0 Å². The van der Waals surface area contributed by atoms with Crippen LogP contribution in [0.25, 0.3) is 0 Å². The number of likely N-dealkylation sites (tertiary alicyclic amines) is 1. The second-order valence-electron chi connectivity index (χ2n) is 7.15. The van der Waals surface area contributed by atoms with Crippen LogP contribution in [-0.4, -0.2) is 58.1 Å². The number of carbonyl (C=O) groups is 2. The van der Waals surface area contributed by atoms with E-state index >= 15 is 0 Å². The molecule has 0 spiro atoms. The number of piperidine rings is 1. The molecular weight excluding hydrogens is 270 g/mol. The molecule has 2 N–H and O–H groups in total. The van der Waals surface area contributed by atoms with Gasteiger partial charge in [-0.15, -0.1) is 0 Å². The molecule has 2 heterocycles. The van der Waals surface area contributed by atoms with Crippen LogP contribution < -0.4 is 5.73 Å². The molecule has 2 aliphatic rings. The largest absolute Gasteiger partial charge is 0.444 e. The zero-order valence-corrected chi connectivity index (χ0v) is 13.6. The number of rotatable bonds is 1. The van der Waals surface area contributed by atoms with Gasteiger partial charge in [-0.1, -0.05) is 0 Å². The first-order chi connectivity index (χ1) is 9.63. The number of ether oxygens (including phenoxy) is 1. The van der Waals surface area contributed by atoms with Gasteiger partial charge in [0.1, 0.15) is 11.6 Å². The Morgan fingerprint density at radius 3 is 2.24 bits per heavy atom. The molecule has 21 heavy (non-hydrogen) atoms. The first kappa shape index (κ1) is 16.1. The first-order valence-electron chi connectivity index (χ1n) is 7.71. The molecule has 4 atom stereocenters. The fraction of sp³-hybridized carbons (Fsp3) is 0.867. The molecule has 0 saturated carbocycles. The number of nitrogens with zero attached hydrogens (tertiary/aromatic N) is 2. The smallest absolute Gasteiger partial charge is 0.411 e. The number of hydrogen-bond acceptors (Lipinski definition) is 4. The number of hydrogen-bond donors (Lipinski definition) is 1. The highest BCUT2D eigenvalue weighted by Gasteiger charge is 2.50. The Bertz CT molecular complexity index is 424. The normalized spacial score (nSPS) is 32.9. The van der Waals surface area contributed by atoms with Crippen LogP contribution in [0.5, 0.6) is 0 Å². The summed E-state index contributed by atoms with van der Waals surface area (Å²) < 4.78 is 5.42. The van der Waals surface area contributed by atoms with Crippen molar-refractivity contribution < 1.29 is 14.3 Å². The summed E-state index contributed by atoms with van der Waals surface area (Å²) in [7, 11) is 0. The van der Waals surface area contributed by atoms with Crippen molar-refractivity contribution in [2.45, 2.75) is 77.2 Å². The van der Waals surface area contributed by atoms with Crippen molar-refractivity contribution in [1.29, 1.82) is 0 Å². The summed E-state index contributed by atoms with van der Waals surface area (Å²) in [6.45, 7) is 10.00. The van der Waals surface area contributed by atoms with E-state index in [1.54, 1.807) is 4.90 Å². The Labute approximate surface area is 126 Å². The summed E-state index contributed by atoms with van der Waals surface area (Å²) in [4.78, 5) is 28.3. The standard InChI is InChI=1S/C15H27N3O3/c1-9-10(2)18(9)13(19)12-11(16)7-6-8-17(12)14(20)21-15(3,4)5/h9-12H,6-8,16H2,1-5H3/t9?,10?,11-,12-,18?/m1/s1. The van der Waals surface area contributed by atoms with Crippen molar-refractivity contribution in [2.75, 3.05) is 6.54 Å². The number of amides is 2. The van der Waals surface area contributed by atoms with E-state index in [9.17, 15) is 9.59 Å². The molecule has 6 nitrogen and oxygen atoms in total. The van der Waals surface area contributed by atoms with Crippen LogP contribution in [0, 0.1) is 0 Å². The monoisotopic (exact) mass is 297 g/mol. The molecule has 0 aromatic rings. The summed E-state index contributed by atoms with van der Waals surface area (Å²) >= 11 is 0.